The molecule has 1 unspecified atom stereocenters. The van der Waals surface area contributed by atoms with Gasteiger partial charge in [-0.05, 0) is 6.07 Å². The van der Waals surface area contributed by atoms with E-state index >= 15 is 0 Å². The van der Waals surface area contributed by atoms with Gasteiger partial charge in [-0.15, -0.1) is 0 Å². The molecule has 1 heterocycles. The van der Waals surface area contributed by atoms with Gasteiger partial charge in [-0.1, -0.05) is 6.07 Å². The van der Waals surface area contributed by atoms with E-state index in [0.29, 0.717) is 0 Å². The first-order valence-corrected chi connectivity index (χ1v) is 5.39. The summed E-state index contributed by atoms with van der Waals surface area (Å²) in [6.45, 7) is 0. The number of hydrogen-bond acceptors (Lipinski definition) is 6. The molecule has 0 bridgehead atoms. The van der Waals surface area contributed by atoms with Gasteiger partial charge in [0.05, 0.1) is 10.6 Å². The third kappa shape index (κ3) is 3.19. The van der Waals surface area contributed by atoms with Crippen molar-refractivity contribution in [1.29, 1.82) is 0 Å². The summed E-state index contributed by atoms with van der Waals surface area (Å²) in [5.74, 6) is -1.07. The SMILES string of the molecule is O=C1NN=C(C(F)(F)F)C1N=Nc1cccc([N+](=O)[O-])c1. The lowest BCUT2D eigenvalue weighted by molar-refractivity contribution is -0.384. The molecule has 1 N–H and O–H groups in total. The minimum atomic E-state index is -4.83. The Hall–Kier alpha value is -2.85. The zero-order valence-electron chi connectivity index (χ0n) is 10.0. The van der Waals surface area contributed by atoms with Crippen LogP contribution in [-0.4, -0.2) is 28.8 Å². The zero-order valence-corrected chi connectivity index (χ0v) is 10.0. The summed E-state index contributed by atoms with van der Waals surface area (Å²) < 4.78 is 37.7. The van der Waals surface area contributed by atoms with Crippen molar-refractivity contribution < 1.29 is 22.9 Å². The third-order valence-corrected chi connectivity index (χ3v) is 2.41. The van der Waals surface area contributed by atoms with E-state index in [9.17, 15) is 28.1 Å². The number of nitrogens with zero attached hydrogens (tertiary/aromatic N) is 4. The second-order valence-electron chi connectivity index (χ2n) is 3.87. The molecule has 0 aromatic heterocycles. The summed E-state index contributed by atoms with van der Waals surface area (Å²) in [7, 11) is 0. The molecule has 0 radical (unpaired) electrons. The molecule has 21 heavy (non-hydrogen) atoms. The van der Waals surface area contributed by atoms with E-state index < -0.39 is 28.8 Å². The van der Waals surface area contributed by atoms with Gasteiger partial charge in [-0.2, -0.15) is 28.5 Å². The molecule has 2 rings (SSSR count). The van der Waals surface area contributed by atoms with Crippen LogP contribution in [0.2, 0.25) is 0 Å². The Morgan fingerprint density at radius 3 is 2.71 bits per heavy atom. The molecule has 0 saturated heterocycles. The van der Waals surface area contributed by atoms with Crippen LogP contribution in [-0.2, 0) is 4.79 Å². The van der Waals surface area contributed by atoms with Gasteiger partial charge in [0, 0.05) is 12.1 Å². The molecule has 1 atom stereocenters. The van der Waals surface area contributed by atoms with Crippen molar-refractivity contribution in [1.82, 2.24) is 5.43 Å². The number of non-ortho nitro benzene ring substituents is 1. The number of hydrazone groups is 1. The number of alkyl halides is 3. The number of nitro groups is 1. The highest BCUT2D eigenvalue weighted by molar-refractivity contribution is 6.14. The molecular weight excluding hydrogens is 295 g/mol. The topological polar surface area (TPSA) is 109 Å². The highest BCUT2D eigenvalue weighted by atomic mass is 19.4. The van der Waals surface area contributed by atoms with Gasteiger partial charge in [0.15, 0.2) is 11.8 Å². The molecular formula is C10H6F3N5O3. The lowest BCUT2D eigenvalue weighted by Crippen LogP contribution is -2.35. The van der Waals surface area contributed by atoms with Crippen molar-refractivity contribution in [2.45, 2.75) is 12.2 Å². The Kier molecular flexibility index (Phi) is 3.65. The Morgan fingerprint density at radius 1 is 1.38 bits per heavy atom. The highest BCUT2D eigenvalue weighted by Crippen LogP contribution is 2.25. The minimum absolute atomic E-state index is 0.0505. The van der Waals surface area contributed by atoms with E-state index in [4.69, 9.17) is 0 Å². The monoisotopic (exact) mass is 301 g/mol. The molecule has 1 aromatic rings. The van der Waals surface area contributed by atoms with Crippen LogP contribution in [0.5, 0.6) is 0 Å². The van der Waals surface area contributed by atoms with Crippen molar-refractivity contribution in [3.05, 3.63) is 34.4 Å². The Balaban J connectivity index is 2.24. The molecule has 11 heteroatoms. The van der Waals surface area contributed by atoms with Gasteiger partial charge < -0.3 is 0 Å². The summed E-state index contributed by atoms with van der Waals surface area (Å²) in [5, 5.41) is 20.1. The number of carbonyl (C=O) groups excluding carboxylic acids is 1. The quantitative estimate of drug-likeness (QED) is 0.524. The lowest BCUT2D eigenvalue weighted by Gasteiger charge is -2.07. The molecule has 110 valence electrons. The van der Waals surface area contributed by atoms with Gasteiger partial charge in [0.1, 0.15) is 0 Å². The van der Waals surface area contributed by atoms with Crippen LogP contribution in [0.1, 0.15) is 0 Å². The standard InChI is InChI=1S/C10H6F3N5O3/c11-10(12,13)8-7(9(19)17-16-8)15-14-5-2-1-3-6(4-5)18(20)21/h1-4,7H,(H,17,19). The summed E-state index contributed by atoms with van der Waals surface area (Å²) >= 11 is 0. The maximum atomic E-state index is 12.6. The van der Waals surface area contributed by atoms with E-state index in [1.807, 2.05) is 0 Å². The first-order valence-electron chi connectivity index (χ1n) is 5.39. The maximum Gasteiger partial charge on any atom is 0.433 e. The van der Waals surface area contributed by atoms with Crippen molar-refractivity contribution in [3.8, 4) is 0 Å². The van der Waals surface area contributed by atoms with Crippen LogP contribution >= 0.6 is 0 Å². The Bertz CT molecular complexity index is 656. The fourth-order valence-corrected chi connectivity index (χ4v) is 1.48. The molecule has 1 aromatic carbocycles. The van der Waals surface area contributed by atoms with Crippen molar-refractivity contribution >= 4 is 23.0 Å². The van der Waals surface area contributed by atoms with Gasteiger partial charge in [0.25, 0.3) is 11.6 Å². The third-order valence-electron chi connectivity index (χ3n) is 2.41. The number of hydrogen-bond donors (Lipinski definition) is 1. The smallest absolute Gasteiger partial charge is 0.270 e. The zero-order chi connectivity index (χ0) is 15.6. The van der Waals surface area contributed by atoms with Crippen LogP contribution < -0.4 is 5.43 Å². The maximum absolute atomic E-state index is 12.6. The van der Waals surface area contributed by atoms with Crippen molar-refractivity contribution in [2.24, 2.45) is 15.3 Å². The fraction of sp³-hybridized carbons (Fsp3) is 0.200. The number of amides is 1. The predicted molar refractivity (Wildman–Crippen MR) is 63.0 cm³/mol. The Labute approximate surface area is 114 Å². The number of halogens is 3. The van der Waals surface area contributed by atoms with Crippen LogP contribution in [0, 0.1) is 10.1 Å². The number of nitrogens with one attached hydrogen (secondary N) is 1. The fourth-order valence-electron chi connectivity index (χ4n) is 1.48. The van der Waals surface area contributed by atoms with E-state index in [2.05, 4.69) is 15.3 Å². The number of benzene rings is 1. The molecule has 8 nitrogen and oxygen atoms in total. The van der Waals surface area contributed by atoms with E-state index in [1.54, 1.807) is 5.43 Å². The second kappa shape index (κ2) is 5.26. The number of azo groups is 1. The molecule has 0 spiro atoms. The number of rotatable bonds is 3. The first kappa shape index (κ1) is 14.6. The molecule has 1 aliphatic rings. The molecule has 1 aliphatic heterocycles. The molecule has 0 aliphatic carbocycles. The largest absolute Gasteiger partial charge is 0.433 e. The van der Waals surface area contributed by atoms with Crippen LogP contribution in [0.15, 0.2) is 39.6 Å². The highest BCUT2D eigenvalue weighted by Gasteiger charge is 2.47. The normalized spacial score (nSPS) is 18.7. The van der Waals surface area contributed by atoms with Gasteiger partial charge in [0.2, 0.25) is 0 Å². The molecule has 1 amide bonds. The van der Waals surface area contributed by atoms with E-state index in [1.165, 1.54) is 18.2 Å². The summed E-state index contributed by atoms with van der Waals surface area (Å²) in [5.41, 5.74) is -0.106. The summed E-state index contributed by atoms with van der Waals surface area (Å²) in [4.78, 5) is 21.1. The van der Waals surface area contributed by atoms with Crippen LogP contribution in [0.3, 0.4) is 0 Å². The van der Waals surface area contributed by atoms with Crippen LogP contribution in [0.25, 0.3) is 0 Å². The lowest BCUT2D eigenvalue weighted by atomic mass is 10.2. The van der Waals surface area contributed by atoms with Gasteiger partial charge in [-0.3, -0.25) is 14.9 Å². The summed E-state index contributed by atoms with van der Waals surface area (Å²) in [6.07, 6.45) is -4.83. The predicted octanol–water partition coefficient (Wildman–Crippen LogP) is 2.10. The van der Waals surface area contributed by atoms with Crippen molar-refractivity contribution in [3.63, 3.8) is 0 Å². The molecule has 0 saturated carbocycles. The van der Waals surface area contributed by atoms with Crippen LogP contribution in [0.4, 0.5) is 24.5 Å². The average molecular weight is 301 g/mol. The first-order chi connectivity index (χ1) is 9.79. The van der Waals surface area contributed by atoms with Crippen molar-refractivity contribution in [2.75, 3.05) is 0 Å². The number of nitro benzene ring substituents is 1. The molecule has 0 fully saturated rings. The summed E-state index contributed by atoms with van der Waals surface area (Å²) in [6, 6.07) is 2.86. The average Bonchev–Trinajstić information content (AvgIpc) is 2.78. The van der Waals surface area contributed by atoms with Gasteiger partial charge in [-0.25, -0.2) is 5.43 Å². The Morgan fingerprint density at radius 2 is 2.10 bits per heavy atom. The van der Waals surface area contributed by atoms with E-state index in [-0.39, 0.29) is 11.4 Å². The second-order valence-corrected chi connectivity index (χ2v) is 3.87. The number of carbonyl (C=O) groups is 1. The van der Waals surface area contributed by atoms with E-state index in [0.717, 1.165) is 6.07 Å². The van der Waals surface area contributed by atoms with Gasteiger partial charge >= 0.3 is 6.18 Å². The minimum Gasteiger partial charge on any atom is -0.270 e.